The predicted octanol–water partition coefficient (Wildman–Crippen LogP) is 3.12. The van der Waals surface area contributed by atoms with Crippen molar-refractivity contribution in [3.8, 4) is 11.6 Å². The van der Waals surface area contributed by atoms with Crippen molar-refractivity contribution in [3.05, 3.63) is 54.2 Å². The Kier molecular flexibility index (Phi) is 4.65. The zero-order valence-corrected chi connectivity index (χ0v) is 13.4. The maximum atomic E-state index is 12.3. The van der Waals surface area contributed by atoms with Crippen LogP contribution in [0, 0.1) is 0 Å². The summed E-state index contributed by atoms with van der Waals surface area (Å²) in [6.45, 7) is 1.19. The first kappa shape index (κ1) is 15.9. The van der Waals surface area contributed by atoms with E-state index in [1.807, 2.05) is 18.2 Å². The van der Waals surface area contributed by atoms with Crippen molar-refractivity contribution in [1.29, 1.82) is 0 Å². The van der Waals surface area contributed by atoms with Crippen LogP contribution in [-0.2, 0) is 0 Å². The predicted molar refractivity (Wildman–Crippen MR) is 92.1 cm³/mol. The Morgan fingerprint density at radius 1 is 1.25 bits per heavy atom. The number of urea groups is 1. The molecule has 0 bridgehead atoms. The van der Waals surface area contributed by atoms with Crippen LogP contribution < -0.4 is 10.1 Å². The highest BCUT2D eigenvalue weighted by Gasteiger charge is 2.18. The number of nitrogens with zero attached hydrogens (tertiary/aromatic N) is 2. The minimum absolute atomic E-state index is 0.150. The maximum Gasteiger partial charge on any atom is 0.322 e. The van der Waals surface area contributed by atoms with Gasteiger partial charge in [-0.1, -0.05) is 18.2 Å². The molecule has 2 heterocycles. The molecule has 0 atom stereocenters. The fourth-order valence-corrected chi connectivity index (χ4v) is 2.57. The van der Waals surface area contributed by atoms with Gasteiger partial charge in [-0.3, -0.25) is 0 Å². The van der Waals surface area contributed by atoms with Crippen molar-refractivity contribution in [2.75, 3.05) is 25.5 Å². The second-order valence-corrected chi connectivity index (χ2v) is 5.49. The number of methoxy groups -OCH3 is 1. The molecule has 6 nitrogen and oxygen atoms in total. The van der Waals surface area contributed by atoms with E-state index in [2.05, 4.69) is 10.3 Å². The Hall–Kier alpha value is -3.02. The van der Waals surface area contributed by atoms with Crippen LogP contribution in [0.15, 0.2) is 48.7 Å². The number of ether oxygens (including phenoxy) is 1. The summed E-state index contributed by atoms with van der Waals surface area (Å²) >= 11 is 0. The van der Waals surface area contributed by atoms with E-state index in [4.69, 9.17) is 4.74 Å². The van der Waals surface area contributed by atoms with Crippen LogP contribution in [0.5, 0.6) is 11.6 Å². The van der Waals surface area contributed by atoms with E-state index in [0.29, 0.717) is 24.7 Å². The average molecular weight is 325 g/mol. The molecule has 0 spiro atoms. The molecule has 2 amide bonds. The van der Waals surface area contributed by atoms with Crippen LogP contribution >= 0.6 is 0 Å². The maximum absolute atomic E-state index is 12.3. The molecule has 6 heteroatoms. The highest BCUT2D eigenvalue weighted by molar-refractivity contribution is 5.89. The van der Waals surface area contributed by atoms with Crippen molar-refractivity contribution < 1.29 is 14.6 Å². The zero-order chi connectivity index (χ0) is 16.9. The molecule has 0 fully saturated rings. The topological polar surface area (TPSA) is 74.7 Å². The second-order valence-electron chi connectivity index (χ2n) is 5.49. The minimum atomic E-state index is -0.150. The molecule has 1 aliphatic rings. The van der Waals surface area contributed by atoms with Crippen LogP contribution in [0.25, 0.3) is 5.57 Å². The molecule has 2 aromatic rings. The standard InChI is InChI=1S/C18H19N3O3/c1-24-17-7-4-15(12-19-17)20-18(23)21-10-8-14(9-11-21)13-2-5-16(22)6-3-13/h2-8,12,22H,9-11H2,1H3,(H,20,23). The first-order chi connectivity index (χ1) is 11.7. The lowest BCUT2D eigenvalue weighted by Crippen LogP contribution is -2.37. The average Bonchev–Trinajstić information content (AvgIpc) is 2.63. The third kappa shape index (κ3) is 3.65. The molecule has 2 N–H and O–H groups in total. The minimum Gasteiger partial charge on any atom is -0.508 e. The summed E-state index contributed by atoms with van der Waals surface area (Å²) in [7, 11) is 1.55. The van der Waals surface area contributed by atoms with Gasteiger partial charge >= 0.3 is 6.03 Å². The summed E-state index contributed by atoms with van der Waals surface area (Å²) in [4.78, 5) is 18.1. The summed E-state index contributed by atoms with van der Waals surface area (Å²) in [5, 5.41) is 12.2. The van der Waals surface area contributed by atoms with Crippen LogP contribution in [0.3, 0.4) is 0 Å². The van der Waals surface area contributed by atoms with Gasteiger partial charge in [-0.2, -0.15) is 0 Å². The number of phenolic OH excluding ortho intramolecular Hbond substituents is 1. The number of carbonyl (C=O) groups is 1. The van der Waals surface area contributed by atoms with Crippen LogP contribution in [-0.4, -0.2) is 41.2 Å². The molecule has 124 valence electrons. The second kappa shape index (κ2) is 7.04. The van der Waals surface area contributed by atoms with Gasteiger partial charge in [0, 0.05) is 19.2 Å². The third-order valence-electron chi connectivity index (χ3n) is 3.93. The van der Waals surface area contributed by atoms with Gasteiger partial charge < -0.3 is 20.1 Å². The molecule has 0 unspecified atom stereocenters. The monoisotopic (exact) mass is 325 g/mol. The number of hydrogen-bond donors (Lipinski definition) is 2. The van der Waals surface area contributed by atoms with Crippen LogP contribution in [0.1, 0.15) is 12.0 Å². The lowest BCUT2D eigenvalue weighted by molar-refractivity contribution is 0.217. The number of nitrogens with one attached hydrogen (secondary N) is 1. The molecule has 0 radical (unpaired) electrons. The fourth-order valence-electron chi connectivity index (χ4n) is 2.57. The molecule has 0 saturated carbocycles. The first-order valence-electron chi connectivity index (χ1n) is 7.70. The molecule has 24 heavy (non-hydrogen) atoms. The van der Waals surface area contributed by atoms with Crippen molar-refractivity contribution in [2.24, 2.45) is 0 Å². The van der Waals surface area contributed by atoms with Gasteiger partial charge in [0.2, 0.25) is 5.88 Å². The Balaban J connectivity index is 1.60. The van der Waals surface area contributed by atoms with Gasteiger partial charge in [-0.25, -0.2) is 9.78 Å². The number of rotatable bonds is 3. The highest BCUT2D eigenvalue weighted by atomic mass is 16.5. The number of hydrogen-bond acceptors (Lipinski definition) is 4. The van der Waals surface area contributed by atoms with Gasteiger partial charge in [0.15, 0.2) is 0 Å². The van der Waals surface area contributed by atoms with E-state index in [1.54, 1.807) is 42.5 Å². The Labute approximate surface area is 140 Å². The smallest absolute Gasteiger partial charge is 0.322 e. The van der Waals surface area contributed by atoms with Crippen LogP contribution in [0.4, 0.5) is 10.5 Å². The Morgan fingerprint density at radius 2 is 2.04 bits per heavy atom. The zero-order valence-electron chi connectivity index (χ0n) is 13.4. The molecule has 0 aliphatic carbocycles. The molecular formula is C18H19N3O3. The number of pyridine rings is 1. The summed E-state index contributed by atoms with van der Waals surface area (Å²) in [5.74, 6) is 0.761. The number of carbonyl (C=O) groups excluding carboxylic acids is 1. The number of aromatic nitrogens is 1. The molecule has 1 aromatic carbocycles. The number of phenols is 1. The molecule has 1 aromatic heterocycles. The van der Waals surface area contributed by atoms with Crippen molar-refractivity contribution in [2.45, 2.75) is 6.42 Å². The van der Waals surface area contributed by atoms with E-state index >= 15 is 0 Å². The largest absolute Gasteiger partial charge is 0.508 e. The first-order valence-corrected chi connectivity index (χ1v) is 7.70. The normalized spacial score (nSPS) is 14.0. The van der Waals surface area contributed by atoms with Crippen molar-refractivity contribution in [1.82, 2.24) is 9.88 Å². The van der Waals surface area contributed by atoms with Gasteiger partial charge in [0.05, 0.1) is 19.0 Å². The van der Waals surface area contributed by atoms with Crippen molar-refractivity contribution in [3.63, 3.8) is 0 Å². The molecule has 0 saturated heterocycles. The van der Waals surface area contributed by atoms with Crippen LogP contribution in [0.2, 0.25) is 0 Å². The van der Waals surface area contributed by atoms with E-state index in [0.717, 1.165) is 12.0 Å². The molecule has 1 aliphatic heterocycles. The lowest BCUT2D eigenvalue weighted by atomic mass is 9.99. The Bertz CT molecular complexity index is 739. The number of anilines is 1. The summed E-state index contributed by atoms with van der Waals surface area (Å²) < 4.78 is 4.99. The van der Waals surface area contributed by atoms with E-state index in [9.17, 15) is 9.90 Å². The van der Waals surface area contributed by atoms with E-state index in [1.165, 1.54) is 5.57 Å². The lowest BCUT2D eigenvalue weighted by Gasteiger charge is -2.26. The fraction of sp³-hybridized carbons (Fsp3) is 0.222. The summed E-state index contributed by atoms with van der Waals surface area (Å²) in [5.41, 5.74) is 2.89. The van der Waals surface area contributed by atoms with Gasteiger partial charge in [0.1, 0.15) is 5.75 Å². The Morgan fingerprint density at radius 3 is 2.62 bits per heavy atom. The molecular weight excluding hydrogens is 306 g/mol. The SMILES string of the molecule is COc1ccc(NC(=O)N2CC=C(c3ccc(O)cc3)CC2)cn1. The molecule has 3 rings (SSSR count). The number of aromatic hydroxyl groups is 1. The van der Waals surface area contributed by atoms with Gasteiger partial charge in [-0.15, -0.1) is 0 Å². The van der Waals surface area contributed by atoms with E-state index < -0.39 is 0 Å². The quantitative estimate of drug-likeness (QED) is 0.909. The summed E-state index contributed by atoms with van der Waals surface area (Å²) in [6.07, 6.45) is 4.39. The number of amides is 2. The van der Waals surface area contributed by atoms with E-state index in [-0.39, 0.29) is 11.8 Å². The third-order valence-corrected chi connectivity index (χ3v) is 3.93. The van der Waals surface area contributed by atoms with Crippen molar-refractivity contribution >= 4 is 17.3 Å². The highest BCUT2D eigenvalue weighted by Crippen LogP contribution is 2.24. The summed E-state index contributed by atoms with van der Waals surface area (Å²) in [6, 6.07) is 10.4. The van der Waals surface area contributed by atoms with Gasteiger partial charge in [-0.05, 0) is 35.8 Å². The number of benzene rings is 1. The van der Waals surface area contributed by atoms with Gasteiger partial charge in [0.25, 0.3) is 0 Å².